The molecule has 0 bridgehead atoms. The van der Waals surface area contributed by atoms with Gasteiger partial charge in [-0.1, -0.05) is 33.3 Å². The second-order valence-corrected chi connectivity index (χ2v) is 6.92. The maximum atomic E-state index is 12.1. The van der Waals surface area contributed by atoms with Gasteiger partial charge in [-0.25, -0.2) is 0 Å². The van der Waals surface area contributed by atoms with E-state index in [1.165, 1.54) is 18.4 Å². The lowest BCUT2D eigenvalue weighted by atomic mass is 9.59. The van der Waals surface area contributed by atoms with Crippen LogP contribution in [0.5, 0.6) is 0 Å². The second kappa shape index (κ2) is 2.80. The van der Waals surface area contributed by atoms with Crippen LogP contribution in [0.25, 0.3) is 0 Å². The Labute approximate surface area is 98.3 Å². The third-order valence-electron chi connectivity index (χ3n) is 5.90. The first-order valence-electron chi connectivity index (χ1n) is 6.65. The molecule has 0 heterocycles. The Morgan fingerprint density at radius 2 is 2.00 bits per heavy atom. The van der Waals surface area contributed by atoms with Crippen LogP contribution in [0.4, 0.5) is 0 Å². The maximum absolute atomic E-state index is 12.1. The molecule has 3 aliphatic carbocycles. The average Bonchev–Trinajstić information content (AvgIpc) is 2.77. The van der Waals surface area contributed by atoms with Crippen molar-refractivity contribution in [3.8, 4) is 0 Å². The molecular weight excluding hydrogens is 196 g/mol. The minimum atomic E-state index is 0.246. The molecular formula is C15H22O. The number of hydrogen-bond donors (Lipinski definition) is 0. The summed E-state index contributed by atoms with van der Waals surface area (Å²) in [6.07, 6.45) is 5.77. The fourth-order valence-electron chi connectivity index (χ4n) is 4.77. The predicted molar refractivity (Wildman–Crippen MR) is 65.0 cm³/mol. The summed E-state index contributed by atoms with van der Waals surface area (Å²) >= 11 is 0. The van der Waals surface area contributed by atoms with Gasteiger partial charge in [0.1, 0.15) is 0 Å². The van der Waals surface area contributed by atoms with Crippen LogP contribution in [0.2, 0.25) is 0 Å². The minimum Gasteiger partial charge on any atom is -0.295 e. The van der Waals surface area contributed by atoms with Crippen LogP contribution in [0, 0.1) is 28.6 Å². The summed E-state index contributed by atoms with van der Waals surface area (Å²) in [6, 6.07) is 0. The molecule has 3 rings (SSSR count). The third kappa shape index (κ3) is 1.00. The van der Waals surface area contributed by atoms with Crippen molar-refractivity contribution < 1.29 is 4.79 Å². The van der Waals surface area contributed by atoms with Crippen LogP contribution in [0.1, 0.15) is 47.0 Å². The first-order valence-corrected chi connectivity index (χ1v) is 6.65. The zero-order valence-electron chi connectivity index (χ0n) is 10.8. The van der Waals surface area contributed by atoms with Crippen molar-refractivity contribution >= 4 is 5.78 Å². The Bertz CT molecular complexity index is 390. The van der Waals surface area contributed by atoms with E-state index in [0.717, 1.165) is 12.3 Å². The molecule has 0 aromatic rings. The van der Waals surface area contributed by atoms with Gasteiger partial charge >= 0.3 is 0 Å². The van der Waals surface area contributed by atoms with E-state index in [2.05, 4.69) is 27.7 Å². The summed E-state index contributed by atoms with van der Waals surface area (Å²) in [5.41, 5.74) is 2.03. The Morgan fingerprint density at radius 3 is 2.69 bits per heavy atom. The first kappa shape index (κ1) is 10.6. The minimum absolute atomic E-state index is 0.246. The van der Waals surface area contributed by atoms with Gasteiger partial charge in [0, 0.05) is 5.92 Å². The van der Waals surface area contributed by atoms with Gasteiger partial charge in [-0.05, 0) is 48.0 Å². The van der Waals surface area contributed by atoms with E-state index < -0.39 is 0 Å². The van der Waals surface area contributed by atoms with Gasteiger partial charge in [0.2, 0.25) is 0 Å². The lowest BCUT2D eigenvalue weighted by Gasteiger charge is -2.45. The Morgan fingerprint density at radius 1 is 1.31 bits per heavy atom. The number of hydrogen-bond acceptors (Lipinski definition) is 1. The second-order valence-electron chi connectivity index (χ2n) is 6.92. The Balaban J connectivity index is 2.10. The van der Waals surface area contributed by atoms with E-state index in [0.29, 0.717) is 23.0 Å². The predicted octanol–water partition coefficient (Wildman–Crippen LogP) is 3.59. The number of carbonyl (C=O) groups excluding carboxylic acids is 1. The highest BCUT2D eigenvalue weighted by Gasteiger charge is 2.71. The Kier molecular flexibility index (Phi) is 1.85. The van der Waals surface area contributed by atoms with Crippen molar-refractivity contribution in [3.63, 3.8) is 0 Å². The van der Waals surface area contributed by atoms with Crippen molar-refractivity contribution in [2.75, 3.05) is 0 Å². The molecule has 3 unspecified atom stereocenters. The zero-order valence-corrected chi connectivity index (χ0v) is 10.8. The van der Waals surface area contributed by atoms with E-state index in [4.69, 9.17) is 0 Å². The van der Waals surface area contributed by atoms with Gasteiger partial charge in [-0.2, -0.15) is 0 Å². The van der Waals surface area contributed by atoms with Crippen LogP contribution in [-0.2, 0) is 4.79 Å². The molecule has 0 saturated heterocycles. The smallest absolute Gasteiger partial charge is 0.159 e. The summed E-state index contributed by atoms with van der Waals surface area (Å²) in [5.74, 6) is 2.09. The van der Waals surface area contributed by atoms with E-state index in [1.54, 1.807) is 0 Å². The summed E-state index contributed by atoms with van der Waals surface area (Å²) in [5, 5.41) is 0. The molecule has 1 nitrogen and oxygen atoms in total. The number of allylic oxidation sites excluding steroid dienone is 2. The summed E-state index contributed by atoms with van der Waals surface area (Å²) in [6.45, 7) is 9.36. The van der Waals surface area contributed by atoms with Gasteiger partial charge in [0.25, 0.3) is 0 Å². The summed E-state index contributed by atoms with van der Waals surface area (Å²) in [4.78, 5) is 12.1. The SMILES string of the molecule is CC1CCCC2=CC(=O)[C@@H]3C(C21C)C3(C)C. The highest BCUT2D eigenvalue weighted by molar-refractivity contribution is 5.97. The molecule has 2 saturated carbocycles. The molecule has 0 aliphatic heterocycles. The van der Waals surface area contributed by atoms with Crippen LogP contribution in [0.3, 0.4) is 0 Å². The number of carbonyl (C=O) groups is 1. The van der Waals surface area contributed by atoms with Crippen molar-refractivity contribution in [1.29, 1.82) is 0 Å². The molecule has 0 N–H and O–H groups in total. The summed E-state index contributed by atoms with van der Waals surface area (Å²) in [7, 11) is 0. The van der Waals surface area contributed by atoms with E-state index in [1.807, 2.05) is 6.08 Å². The molecule has 2 fully saturated rings. The van der Waals surface area contributed by atoms with Crippen LogP contribution in [0.15, 0.2) is 11.6 Å². The molecule has 16 heavy (non-hydrogen) atoms. The van der Waals surface area contributed by atoms with Crippen molar-refractivity contribution in [2.24, 2.45) is 28.6 Å². The largest absolute Gasteiger partial charge is 0.295 e. The quantitative estimate of drug-likeness (QED) is 0.607. The molecule has 3 aliphatic rings. The van der Waals surface area contributed by atoms with Crippen molar-refractivity contribution in [1.82, 2.24) is 0 Å². The van der Waals surface area contributed by atoms with E-state index >= 15 is 0 Å². The van der Waals surface area contributed by atoms with E-state index in [9.17, 15) is 4.79 Å². The van der Waals surface area contributed by atoms with Gasteiger partial charge in [0.05, 0.1) is 0 Å². The van der Waals surface area contributed by atoms with Crippen LogP contribution in [-0.4, -0.2) is 5.78 Å². The maximum Gasteiger partial charge on any atom is 0.159 e. The molecule has 88 valence electrons. The van der Waals surface area contributed by atoms with Gasteiger partial charge in [-0.3, -0.25) is 4.79 Å². The average molecular weight is 218 g/mol. The lowest BCUT2D eigenvalue weighted by Crippen LogP contribution is -2.38. The topological polar surface area (TPSA) is 17.1 Å². The highest BCUT2D eigenvalue weighted by Crippen LogP contribution is 2.73. The van der Waals surface area contributed by atoms with E-state index in [-0.39, 0.29) is 5.41 Å². The fraction of sp³-hybridized carbons (Fsp3) is 0.800. The highest BCUT2D eigenvalue weighted by atomic mass is 16.1. The van der Waals surface area contributed by atoms with Crippen molar-refractivity contribution in [2.45, 2.75) is 47.0 Å². The van der Waals surface area contributed by atoms with Crippen molar-refractivity contribution in [3.05, 3.63) is 11.6 Å². The van der Waals surface area contributed by atoms with Gasteiger partial charge < -0.3 is 0 Å². The lowest BCUT2D eigenvalue weighted by molar-refractivity contribution is -0.117. The fourth-order valence-corrected chi connectivity index (χ4v) is 4.77. The van der Waals surface area contributed by atoms with Crippen LogP contribution >= 0.6 is 0 Å². The zero-order chi connectivity index (χ0) is 11.7. The Hall–Kier alpha value is -0.590. The molecule has 0 aromatic heterocycles. The monoisotopic (exact) mass is 218 g/mol. The first-order chi connectivity index (χ1) is 7.40. The normalized spacial score (nSPS) is 49.1. The number of rotatable bonds is 0. The summed E-state index contributed by atoms with van der Waals surface area (Å²) < 4.78 is 0. The molecule has 0 radical (unpaired) electrons. The van der Waals surface area contributed by atoms with Crippen LogP contribution < -0.4 is 0 Å². The molecule has 0 amide bonds. The number of ketones is 1. The number of fused-ring (bicyclic) bond motifs is 3. The molecule has 0 spiro atoms. The van der Waals surface area contributed by atoms with Gasteiger partial charge in [-0.15, -0.1) is 0 Å². The molecule has 0 aromatic carbocycles. The molecule has 1 heteroatoms. The van der Waals surface area contributed by atoms with Gasteiger partial charge in [0.15, 0.2) is 5.78 Å². The standard InChI is InChI=1S/C15H22O/c1-9-6-5-7-10-8-11(16)12-13(14(12,2)3)15(9,10)4/h8-9,12-13H,5-7H2,1-4H3/t9?,12-,13?,15?/m1/s1. The third-order valence-corrected chi connectivity index (χ3v) is 5.90. The molecule has 4 atom stereocenters.